The second-order valence-corrected chi connectivity index (χ2v) is 4.06. The number of hydrogen-bond donors (Lipinski definition) is 1. The molecule has 0 fully saturated rings. The van der Waals surface area contributed by atoms with Gasteiger partial charge in [0.2, 0.25) is 5.95 Å². The Balaban J connectivity index is 2.34. The molecule has 1 unspecified atom stereocenters. The van der Waals surface area contributed by atoms with E-state index in [1.54, 1.807) is 6.20 Å². The molecule has 84 valence electrons. The summed E-state index contributed by atoms with van der Waals surface area (Å²) in [6.45, 7) is 6.39. The summed E-state index contributed by atoms with van der Waals surface area (Å²) < 4.78 is 0. The Morgan fingerprint density at radius 2 is 2.20 bits per heavy atom. The molecule has 1 aromatic heterocycles. The van der Waals surface area contributed by atoms with Crippen LogP contribution in [-0.2, 0) is 0 Å². The van der Waals surface area contributed by atoms with Crippen LogP contribution in [0.4, 0.5) is 5.95 Å². The molecule has 1 heterocycles. The van der Waals surface area contributed by atoms with Crippen molar-refractivity contribution in [2.45, 2.75) is 52.5 Å². The minimum absolute atomic E-state index is 0.457. The first-order chi connectivity index (χ1) is 7.22. The van der Waals surface area contributed by atoms with Crippen molar-refractivity contribution in [1.82, 2.24) is 9.97 Å². The van der Waals surface area contributed by atoms with Crippen LogP contribution in [0.2, 0.25) is 0 Å². The monoisotopic (exact) mass is 207 g/mol. The van der Waals surface area contributed by atoms with E-state index in [-0.39, 0.29) is 0 Å². The smallest absolute Gasteiger partial charge is 0.223 e. The summed E-state index contributed by atoms with van der Waals surface area (Å²) in [5.74, 6) is 0.749. The van der Waals surface area contributed by atoms with Gasteiger partial charge in [-0.2, -0.15) is 0 Å². The minimum atomic E-state index is 0.457. The number of anilines is 1. The van der Waals surface area contributed by atoms with Crippen LogP contribution in [0.1, 0.15) is 45.2 Å². The third-order valence-corrected chi connectivity index (χ3v) is 2.41. The van der Waals surface area contributed by atoms with Gasteiger partial charge in [-0.3, -0.25) is 0 Å². The number of hydrogen-bond acceptors (Lipinski definition) is 3. The van der Waals surface area contributed by atoms with Crippen molar-refractivity contribution in [3.63, 3.8) is 0 Å². The molecule has 0 aliphatic carbocycles. The summed E-state index contributed by atoms with van der Waals surface area (Å²) in [6, 6.07) is 2.37. The first kappa shape index (κ1) is 12.0. The minimum Gasteiger partial charge on any atom is -0.352 e. The number of rotatable bonds is 6. The summed E-state index contributed by atoms with van der Waals surface area (Å²) >= 11 is 0. The number of nitrogens with zero attached hydrogens (tertiary/aromatic N) is 2. The molecule has 0 saturated heterocycles. The van der Waals surface area contributed by atoms with Gasteiger partial charge >= 0.3 is 0 Å². The molecule has 3 nitrogen and oxygen atoms in total. The predicted octanol–water partition coefficient (Wildman–Crippen LogP) is 3.17. The molecule has 0 aromatic carbocycles. The first-order valence-electron chi connectivity index (χ1n) is 5.78. The molecule has 1 atom stereocenters. The Labute approximate surface area is 92.3 Å². The van der Waals surface area contributed by atoms with E-state index in [0.29, 0.717) is 6.04 Å². The van der Waals surface area contributed by atoms with Crippen LogP contribution in [0.15, 0.2) is 12.3 Å². The Hall–Kier alpha value is -1.12. The van der Waals surface area contributed by atoms with Crippen molar-refractivity contribution in [2.24, 2.45) is 0 Å². The molecule has 0 bridgehead atoms. The number of unbranched alkanes of at least 4 members (excludes halogenated alkanes) is 2. The molecule has 0 saturated carbocycles. The summed E-state index contributed by atoms with van der Waals surface area (Å²) in [4.78, 5) is 8.50. The topological polar surface area (TPSA) is 37.8 Å². The zero-order chi connectivity index (χ0) is 11.1. The number of aromatic nitrogens is 2. The first-order valence-corrected chi connectivity index (χ1v) is 5.78. The summed E-state index contributed by atoms with van der Waals surface area (Å²) in [5.41, 5.74) is 1.01. The lowest BCUT2D eigenvalue weighted by Crippen LogP contribution is -2.17. The van der Waals surface area contributed by atoms with E-state index < -0.39 is 0 Å². The van der Waals surface area contributed by atoms with Gasteiger partial charge in [-0.15, -0.1) is 0 Å². The van der Waals surface area contributed by atoms with Crippen LogP contribution in [0, 0.1) is 6.92 Å². The zero-order valence-electron chi connectivity index (χ0n) is 9.95. The van der Waals surface area contributed by atoms with Gasteiger partial charge in [0, 0.05) is 17.9 Å². The van der Waals surface area contributed by atoms with E-state index in [9.17, 15) is 0 Å². The summed E-state index contributed by atoms with van der Waals surface area (Å²) in [5, 5.41) is 3.32. The van der Waals surface area contributed by atoms with Crippen molar-refractivity contribution in [3.05, 3.63) is 18.0 Å². The second-order valence-electron chi connectivity index (χ2n) is 4.06. The maximum Gasteiger partial charge on any atom is 0.223 e. The Morgan fingerprint density at radius 3 is 2.87 bits per heavy atom. The van der Waals surface area contributed by atoms with Gasteiger partial charge in [-0.05, 0) is 26.3 Å². The van der Waals surface area contributed by atoms with Crippen molar-refractivity contribution < 1.29 is 0 Å². The van der Waals surface area contributed by atoms with Crippen LogP contribution in [-0.4, -0.2) is 16.0 Å². The molecular weight excluding hydrogens is 186 g/mol. The highest BCUT2D eigenvalue weighted by Gasteiger charge is 2.03. The number of aryl methyl sites for hydroxylation is 1. The van der Waals surface area contributed by atoms with Crippen molar-refractivity contribution in [1.29, 1.82) is 0 Å². The molecule has 0 aliphatic heterocycles. The highest BCUT2D eigenvalue weighted by Crippen LogP contribution is 2.07. The second kappa shape index (κ2) is 6.38. The summed E-state index contributed by atoms with van der Waals surface area (Å²) in [6.07, 6.45) is 6.83. The highest BCUT2D eigenvalue weighted by atomic mass is 15.1. The standard InChI is InChI=1S/C12H21N3/c1-4-5-6-7-10(2)14-12-13-9-8-11(3)15-12/h8-10H,4-7H2,1-3H3,(H,13,14,15). The Bertz CT molecular complexity index is 286. The average molecular weight is 207 g/mol. The van der Waals surface area contributed by atoms with Crippen LogP contribution < -0.4 is 5.32 Å². The van der Waals surface area contributed by atoms with Gasteiger partial charge in [0.15, 0.2) is 0 Å². The van der Waals surface area contributed by atoms with Crippen LogP contribution in [0.25, 0.3) is 0 Å². The van der Waals surface area contributed by atoms with Crippen molar-refractivity contribution in [3.8, 4) is 0 Å². The average Bonchev–Trinajstić information content (AvgIpc) is 2.18. The van der Waals surface area contributed by atoms with Crippen LogP contribution in [0.5, 0.6) is 0 Å². The fourth-order valence-corrected chi connectivity index (χ4v) is 1.51. The molecule has 1 rings (SSSR count). The van der Waals surface area contributed by atoms with E-state index in [1.807, 2.05) is 13.0 Å². The van der Waals surface area contributed by atoms with E-state index in [0.717, 1.165) is 11.6 Å². The number of nitrogens with one attached hydrogen (secondary N) is 1. The Morgan fingerprint density at radius 1 is 1.40 bits per heavy atom. The maximum absolute atomic E-state index is 4.32. The van der Waals surface area contributed by atoms with Gasteiger partial charge in [-0.25, -0.2) is 9.97 Å². The van der Waals surface area contributed by atoms with E-state index in [2.05, 4.69) is 29.1 Å². The normalized spacial score (nSPS) is 12.5. The van der Waals surface area contributed by atoms with Gasteiger partial charge in [0.25, 0.3) is 0 Å². The Kier molecular flexibility index (Phi) is 5.08. The van der Waals surface area contributed by atoms with Crippen LogP contribution >= 0.6 is 0 Å². The molecule has 3 heteroatoms. The molecule has 0 aliphatic rings. The third kappa shape index (κ3) is 4.77. The van der Waals surface area contributed by atoms with Crippen molar-refractivity contribution in [2.75, 3.05) is 5.32 Å². The highest BCUT2D eigenvalue weighted by molar-refractivity contribution is 5.25. The van der Waals surface area contributed by atoms with Gasteiger partial charge in [0.05, 0.1) is 0 Å². The predicted molar refractivity (Wildman–Crippen MR) is 64.0 cm³/mol. The zero-order valence-corrected chi connectivity index (χ0v) is 9.95. The maximum atomic E-state index is 4.32. The molecular formula is C12H21N3. The summed E-state index contributed by atoms with van der Waals surface area (Å²) in [7, 11) is 0. The van der Waals surface area contributed by atoms with E-state index in [4.69, 9.17) is 0 Å². The van der Waals surface area contributed by atoms with Gasteiger partial charge < -0.3 is 5.32 Å². The quantitative estimate of drug-likeness (QED) is 0.728. The fraction of sp³-hybridized carbons (Fsp3) is 0.667. The van der Waals surface area contributed by atoms with E-state index in [1.165, 1.54) is 25.7 Å². The lowest BCUT2D eigenvalue weighted by atomic mass is 10.1. The third-order valence-electron chi connectivity index (χ3n) is 2.41. The molecule has 15 heavy (non-hydrogen) atoms. The molecule has 0 amide bonds. The van der Waals surface area contributed by atoms with Gasteiger partial charge in [-0.1, -0.05) is 26.2 Å². The molecule has 0 radical (unpaired) electrons. The van der Waals surface area contributed by atoms with Crippen LogP contribution in [0.3, 0.4) is 0 Å². The lowest BCUT2D eigenvalue weighted by molar-refractivity contribution is 0.612. The SMILES string of the molecule is CCCCCC(C)Nc1nccc(C)n1. The lowest BCUT2D eigenvalue weighted by Gasteiger charge is -2.13. The fourth-order valence-electron chi connectivity index (χ4n) is 1.51. The van der Waals surface area contributed by atoms with Gasteiger partial charge in [0.1, 0.15) is 0 Å². The van der Waals surface area contributed by atoms with Crippen molar-refractivity contribution >= 4 is 5.95 Å². The molecule has 0 spiro atoms. The molecule has 1 N–H and O–H groups in total. The molecule has 1 aromatic rings. The van der Waals surface area contributed by atoms with E-state index >= 15 is 0 Å². The largest absolute Gasteiger partial charge is 0.352 e.